The second kappa shape index (κ2) is 20.7. The second-order valence-corrected chi connectivity index (χ2v) is 7.85. The molecule has 156 valence electrons. The zero-order valence-corrected chi connectivity index (χ0v) is 18.0. The molecule has 0 saturated carbocycles. The Morgan fingerprint density at radius 3 is 1.38 bits per heavy atom. The molecule has 0 amide bonds. The van der Waals surface area contributed by atoms with Crippen LogP contribution < -0.4 is 0 Å². The fourth-order valence-corrected chi connectivity index (χ4v) is 2.96. The van der Waals surface area contributed by atoms with Gasteiger partial charge in [-0.15, -0.1) is 0 Å². The Bertz CT molecular complexity index is 284. The summed E-state index contributed by atoms with van der Waals surface area (Å²) >= 11 is 0. The first-order chi connectivity index (χ1) is 12.7. The molecule has 1 rings (SSSR count). The highest BCUT2D eigenvalue weighted by Gasteiger charge is 2.04. The van der Waals surface area contributed by atoms with Gasteiger partial charge in [0.2, 0.25) is 0 Å². The first kappa shape index (κ1) is 25.4. The molecule has 0 unspecified atom stereocenters. The van der Waals surface area contributed by atoms with Crippen LogP contribution in [0.1, 0.15) is 124 Å². The van der Waals surface area contributed by atoms with Crippen LogP contribution in [0.25, 0.3) is 0 Å². The van der Waals surface area contributed by atoms with Crippen LogP contribution in [0, 0.1) is 0 Å². The van der Waals surface area contributed by atoms with E-state index in [0.29, 0.717) is 6.42 Å². The van der Waals surface area contributed by atoms with Gasteiger partial charge in [0.05, 0.1) is 19.3 Å². The lowest BCUT2D eigenvalue weighted by atomic mass is 10.0. The quantitative estimate of drug-likeness (QED) is 0.154. The molecule has 0 aromatic rings. The molecule has 0 radical (unpaired) electrons. The van der Waals surface area contributed by atoms with Crippen molar-refractivity contribution >= 4 is 5.97 Å². The van der Waals surface area contributed by atoms with Crippen molar-refractivity contribution in [3.8, 4) is 0 Å². The summed E-state index contributed by atoms with van der Waals surface area (Å²) in [5, 5.41) is 0. The highest BCUT2D eigenvalue weighted by Crippen LogP contribution is 2.13. The molecule has 0 aliphatic carbocycles. The third-order valence-electron chi connectivity index (χ3n) is 4.56. The molecule has 3 nitrogen and oxygen atoms in total. The number of hydrogen-bond donors (Lipinski definition) is 0. The normalized spacial score (nSPS) is 12.6. The number of hydrogen-bond acceptors (Lipinski definition) is 3. The van der Waals surface area contributed by atoms with Gasteiger partial charge in [0, 0.05) is 6.42 Å². The molecule has 0 atom stereocenters. The van der Waals surface area contributed by atoms with Gasteiger partial charge in [0.25, 0.3) is 0 Å². The zero-order valence-electron chi connectivity index (χ0n) is 18.0. The summed E-state index contributed by atoms with van der Waals surface area (Å²) in [6, 6.07) is 0. The minimum Gasteiger partial charge on any atom is -0.463 e. The van der Waals surface area contributed by atoms with Crippen LogP contribution in [-0.4, -0.2) is 25.3 Å². The van der Waals surface area contributed by atoms with Crippen molar-refractivity contribution in [3.05, 3.63) is 0 Å². The van der Waals surface area contributed by atoms with Gasteiger partial charge in [0.15, 0.2) is 0 Å². The average Bonchev–Trinajstić information content (AvgIpc) is 3.46. The summed E-state index contributed by atoms with van der Waals surface area (Å²) in [7, 11) is 0. The maximum absolute atomic E-state index is 11.4. The Labute approximate surface area is 163 Å². The number of esters is 1. The minimum atomic E-state index is -0.0327. The molecule has 0 spiro atoms. The van der Waals surface area contributed by atoms with Gasteiger partial charge in [-0.05, 0) is 20.3 Å². The number of epoxide rings is 1. The van der Waals surface area contributed by atoms with E-state index < -0.39 is 0 Å². The van der Waals surface area contributed by atoms with Crippen molar-refractivity contribution in [1.82, 2.24) is 0 Å². The van der Waals surface area contributed by atoms with Crippen molar-refractivity contribution in [3.63, 3.8) is 0 Å². The summed E-state index contributed by atoms with van der Waals surface area (Å²) < 4.78 is 9.63. The van der Waals surface area contributed by atoms with Crippen molar-refractivity contribution < 1.29 is 14.3 Å². The largest absolute Gasteiger partial charge is 0.463 e. The Kier molecular flexibility index (Phi) is 20.3. The van der Waals surface area contributed by atoms with Crippen molar-refractivity contribution in [2.75, 3.05) is 13.2 Å². The van der Waals surface area contributed by atoms with Crippen molar-refractivity contribution in [2.24, 2.45) is 0 Å². The molecule has 1 aliphatic rings. The maximum atomic E-state index is 11.4. The predicted octanol–water partition coefficient (Wildman–Crippen LogP) is 7.22. The van der Waals surface area contributed by atoms with Gasteiger partial charge in [0.1, 0.15) is 0 Å². The lowest BCUT2D eigenvalue weighted by Crippen LogP contribution is -2.10. The molecular formula is C23H46O3. The highest BCUT2D eigenvalue weighted by atomic mass is 16.6. The Balaban J connectivity index is 0.00000187. The van der Waals surface area contributed by atoms with Gasteiger partial charge < -0.3 is 9.47 Å². The number of carbonyl (C=O) groups excluding carboxylic acids is 1. The molecule has 0 aromatic heterocycles. The number of ether oxygens (including phenoxy) is 2. The third-order valence-corrected chi connectivity index (χ3v) is 4.56. The van der Waals surface area contributed by atoms with E-state index in [-0.39, 0.29) is 12.1 Å². The third kappa shape index (κ3) is 25.7. The molecule has 26 heavy (non-hydrogen) atoms. The van der Waals surface area contributed by atoms with Gasteiger partial charge in [-0.25, -0.2) is 0 Å². The first-order valence-corrected chi connectivity index (χ1v) is 11.4. The summed E-state index contributed by atoms with van der Waals surface area (Å²) in [5.74, 6) is -0.0327. The van der Waals surface area contributed by atoms with Gasteiger partial charge in [-0.1, -0.05) is 96.8 Å². The summed E-state index contributed by atoms with van der Waals surface area (Å²) in [6.07, 6.45) is 20.9. The van der Waals surface area contributed by atoms with Crippen LogP contribution in [0.2, 0.25) is 0 Å². The molecule has 1 aliphatic heterocycles. The Morgan fingerprint density at radius 1 is 0.731 bits per heavy atom. The highest BCUT2D eigenvalue weighted by molar-refractivity contribution is 5.69. The summed E-state index contributed by atoms with van der Waals surface area (Å²) in [5.41, 5.74) is 0. The molecule has 1 fully saturated rings. The zero-order chi connectivity index (χ0) is 19.3. The standard InChI is InChI=1S/C21H42O2.C2H4O/c1-4-5-6-7-8-9-10-11-12-13-14-15-16-17-18-19-21(22)23-20(2)3;1-2-3-1/h20H,4-19H2,1-3H3;1-2H2. The van der Waals surface area contributed by atoms with E-state index in [1.165, 1.54) is 89.9 Å². The molecule has 1 heterocycles. The van der Waals surface area contributed by atoms with Crippen LogP contribution in [0.3, 0.4) is 0 Å². The van der Waals surface area contributed by atoms with E-state index in [2.05, 4.69) is 11.7 Å². The monoisotopic (exact) mass is 370 g/mol. The van der Waals surface area contributed by atoms with Crippen LogP contribution in [-0.2, 0) is 14.3 Å². The maximum Gasteiger partial charge on any atom is 0.306 e. The summed E-state index contributed by atoms with van der Waals surface area (Å²) in [4.78, 5) is 11.4. The minimum absolute atomic E-state index is 0.0267. The fourth-order valence-electron chi connectivity index (χ4n) is 2.96. The van der Waals surface area contributed by atoms with Gasteiger partial charge in [-0.3, -0.25) is 4.79 Å². The van der Waals surface area contributed by atoms with E-state index in [4.69, 9.17) is 4.74 Å². The molecule has 0 N–H and O–H groups in total. The van der Waals surface area contributed by atoms with Crippen LogP contribution >= 0.6 is 0 Å². The first-order valence-electron chi connectivity index (χ1n) is 11.4. The Hall–Kier alpha value is -0.570. The number of rotatable bonds is 17. The number of unbranched alkanes of at least 4 members (excludes halogenated alkanes) is 14. The van der Waals surface area contributed by atoms with Crippen molar-refractivity contribution in [1.29, 1.82) is 0 Å². The van der Waals surface area contributed by atoms with Gasteiger partial charge in [-0.2, -0.15) is 0 Å². The molecule has 1 saturated heterocycles. The average molecular weight is 371 g/mol. The predicted molar refractivity (Wildman–Crippen MR) is 112 cm³/mol. The number of carbonyl (C=O) groups is 1. The Morgan fingerprint density at radius 2 is 1.08 bits per heavy atom. The molecule has 0 bridgehead atoms. The van der Waals surface area contributed by atoms with Crippen LogP contribution in [0.4, 0.5) is 0 Å². The fraction of sp³-hybridized carbons (Fsp3) is 0.957. The molecule has 3 heteroatoms. The molecule has 0 aromatic carbocycles. The van der Waals surface area contributed by atoms with E-state index in [1.807, 2.05) is 13.8 Å². The van der Waals surface area contributed by atoms with E-state index in [9.17, 15) is 4.79 Å². The SMILES string of the molecule is C1CO1.CCCCCCCCCCCCCCCCCC(=O)OC(C)C. The topological polar surface area (TPSA) is 38.8 Å². The summed E-state index contributed by atoms with van der Waals surface area (Å²) in [6.45, 7) is 8.09. The van der Waals surface area contributed by atoms with Crippen molar-refractivity contribution in [2.45, 2.75) is 130 Å². The molecular weight excluding hydrogens is 324 g/mol. The lowest BCUT2D eigenvalue weighted by Gasteiger charge is -2.07. The lowest BCUT2D eigenvalue weighted by molar-refractivity contribution is -0.147. The van der Waals surface area contributed by atoms with E-state index >= 15 is 0 Å². The second-order valence-electron chi connectivity index (χ2n) is 7.85. The van der Waals surface area contributed by atoms with E-state index in [1.54, 1.807) is 0 Å². The van der Waals surface area contributed by atoms with Gasteiger partial charge >= 0.3 is 5.97 Å². The van der Waals surface area contributed by atoms with Crippen LogP contribution in [0.15, 0.2) is 0 Å². The van der Waals surface area contributed by atoms with E-state index in [0.717, 1.165) is 19.6 Å². The smallest absolute Gasteiger partial charge is 0.306 e. The van der Waals surface area contributed by atoms with Crippen LogP contribution in [0.5, 0.6) is 0 Å².